The van der Waals surface area contributed by atoms with Crippen LogP contribution in [0.2, 0.25) is 0 Å². The molecule has 0 atom stereocenters. The second-order valence-electron chi connectivity index (χ2n) is 4.16. The topological polar surface area (TPSA) is 44.5 Å². The van der Waals surface area contributed by atoms with Gasteiger partial charge in [-0.05, 0) is 31.5 Å². The minimum Gasteiger partial charge on any atom is -0.493 e. The highest BCUT2D eigenvalue weighted by Gasteiger charge is 2.14. The summed E-state index contributed by atoms with van der Waals surface area (Å²) in [7, 11) is 3.24. The highest BCUT2D eigenvalue weighted by molar-refractivity contribution is 7.15. The molecule has 1 aromatic heterocycles. The van der Waals surface area contributed by atoms with Gasteiger partial charge in [0.2, 0.25) is 0 Å². The average Bonchev–Trinajstić information content (AvgIpc) is 2.68. The zero-order valence-corrected chi connectivity index (χ0v) is 11.9. The summed E-state index contributed by atoms with van der Waals surface area (Å²) in [6, 6.07) is 5.91. The lowest BCUT2D eigenvalue weighted by Gasteiger charge is -2.12. The van der Waals surface area contributed by atoms with Gasteiger partial charge in [0.05, 0.1) is 14.2 Å². The molecule has 0 amide bonds. The SMILES string of the molecule is COc1cc(N)c(-c2sc(C)cc2C)cc1OC. The molecule has 2 rings (SSSR count). The normalized spacial score (nSPS) is 10.4. The van der Waals surface area contributed by atoms with Crippen molar-refractivity contribution in [2.75, 3.05) is 20.0 Å². The van der Waals surface area contributed by atoms with Crippen LogP contribution < -0.4 is 15.2 Å². The molecule has 1 heterocycles. The fourth-order valence-electron chi connectivity index (χ4n) is 2.00. The highest BCUT2D eigenvalue weighted by Crippen LogP contribution is 2.41. The van der Waals surface area contributed by atoms with Crippen molar-refractivity contribution in [3.05, 3.63) is 28.6 Å². The Kier molecular flexibility index (Phi) is 3.48. The van der Waals surface area contributed by atoms with Gasteiger partial charge in [-0.25, -0.2) is 0 Å². The van der Waals surface area contributed by atoms with Gasteiger partial charge in [0.15, 0.2) is 11.5 Å². The number of ether oxygens (including phenoxy) is 2. The fraction of sp³-hybridized carbons (Fsp3) is 0.286. The maximum Gasteiger partial charge on any atom is 0.162 e. The fourth-order valence-corrected chi connectivity index (χ4v) is 3.06. The Morgan fingerprint density at radius 3 is 2.11 bits per heavy atom. The summed E-state index contributed by atoms with van der Waals surface area (Å²) in [5.41, 5.74) is 9.04. The Hall–Kier alpha value is -1.68. The van der Waals surface area contributed by atoms with E-state index in [1.54, 1.807) is 25.6 Å². The third-order valence-electron chi connectivity index (χ3n) is 2.84. The van der Waals surface area contributed by atoms with Crippen LogP contribution in [-0.2, 0) is 0 Å². The molecule has 96 valence electrons. The van der Waals surface area contributed by atoms with Crippen LogP contribution in [0.1, 0.15) is 10.4 Å². The van der Waals surface area contributed by atoms with Crippen molar-refractivity contribution in [3.63, 3.8) is 0 Å². The molecule has 18 heavy (non-hydrogen) atoms. The monoisotopic (exact) mass is 263 g/mol. The zero-order valence-electron chi connectivity index (χ0n) is 11.0. The Bertz CT molecular complexity index is 575. The van der Waals surface area contributed by atoms with E-state index in [0.717, 1.165) is 5.56 Å². The van der Waals surface area contributed by atoms with E-state index in [1.807, 2.05) is 12.1 Å². The maximum atomic E-state index is 6.10. The van der Waals surface area contributed by atoms with Crippen molar-refractivity contribution in [2.24, 2.45) is 0 Å². The van der Waals surface area contributed by atoms with Gasteiger partial charge in [0.25, 0.3) is 0 Å². The molecular formula is C14H17NO2S. The minimum atomic E-state index is 0.657. The molecule has 0 aliphatic heterocycles. The van der Waals surface area contributed by atoms with Crippen LogP contribution in [0.5, 0.6) is 11.5 Å². The van der Waals surface area contributed by atoms with E-state index in [4.69, 9.17) is 15.2 Å². The van der Waals surface area contributed by atoms with Gasteiger partial charge in [-0.1, -0.05) is 0 Å². The van der Waals surface area contributed by atoms with Crippen molar-refractivity contribution in [1.29, 1.82) is 0 Å². The lowest BCUT2D eigenvalue weighted by molar-refractivity contribution is 0.355. The summed E-state index contributed by atoms with van der Waals surface area (Å²) < 4.78 is 10.6. The summed E-state index contributed by atoms with van der Waals surface area (Å²) in [4.78, 5) is 2.46. The summed E-state index contributed by atoms with van der Waals surface area (Å²) >= 11 is 1.74. The number of benzene rings is 1. The Morgan fingerprint density at radius 2 is 1.61 bits per heavy atom. The molecule has 1 aromatic carbocycles. The number of rotatable bonds is 3. The van der Waals surface area contributed by atoms with Gasteiger partial charge in [-0.15, -0.1) is 11.3 Å². The van der Waals surface area contributed by atoms with Crippen LogP contribution in [0.25, 0.3) is 10.4 Å². The number of nitrogens with two attached hydrogens (primary N) is 1. The van der Waals surface area contributed by atoms with Gasteiger partial charge >= 0.3 is 0 Å². The van der Waals surface area contributed by atoms with E-state index in [9.17, 15) is 0 Å². The number of anilines is 1. The number of hydrogen-bond acceptors (Lipinski definition) is 4. The molecule has 0 aliphatic rings. The van der Waals surface area contributed by atoms with E-state index in [1.165, 1.54) is 15.3 Å². The Labute approximate surface area is 111 Å². The molecule has 2 N–H and O–H groups in total. The first-order valence-corrected chi connectivity index (χ1v) is 6.47. The first kappa shape index (κ1) is 12.8. The quantitative estimate of drug-likeness (QED) is 0.860. The summed E-state index contributed by atoms with van der Waals surface area (Å²) in [5, 5.41) is 0. The third kappa shape index (κ3) is 2.16. The van der Waals surface area contributed by atoms with Crippen LogP contribution in [-0.4, -0.2) is 14.2 Å². The van der Waals surface area contributed by atoms with Gasteiger partial charge in [0.1, 0.15) is 0 Å². The average molecular weight is 263 g/mol. The third-order valence-corrected chi connectivity index (χ3v) is 4.03. The van der Waals surface area contributed by atoms with Crippen LogP contribution in [0.4, 0.5) is 5.69 Å². The number of nitrogen functional groups attached to an aromatic ring is 1. The van der Waals surface area contributed by atoms with E-state index in [2.05, 4.69) is 19.9 Å². The smallest absolute Gasteiger partial charge is 0.162 e. The molecule has 0 radical (unpaired) electrons. The number of methoxy groups -OCH3 is 2. The molecule has 0 unspecified atom stereocenters. The molecule has 0 spiro atoms. The first-order chi connectivity index (χ1) is 8.56. The standard InChI is InChI=1S/C14H17NO2S/c1-8-5-9(2)18-14(8)10-6-12(16-3)13(17-4)7-11(10)15/h5-7H,15H2,1-4H3. The van der Waals surface area contributed by atoms with E-state index < -0.39 is 0 Å². The second-order valence-corrected chi connectivity index (χ2v) is 5.42. The van der Waals surface area contributed by atoms with E-state index in [-0.39, 0.29) is 0 Å². The molecular weight excluding hydrogens is 246 g/mol. The molecule has 0 fully saturated rings. The maximum absolute atomic E-state index is 6.10. The largest absolute Gasteiger partial charge is 0.493 e. The minimum absolute atomic E-state index is 0.657. The van der Waals surface area contributed by atoms with Crippen molar-refractivity contribution >= 4 is 17.0 Å². The Balaban J connectivity index is 2.61. The second kappa shape index (κ2) is 4.90. The molecule has 0 saturated carbocycles. The summed E-state index contributed by atoms with van der Waals surface area (Å²) in [5.74, 6) is 1.36. The van der Waals surface area contributed by atoms with Gasteiger partial charge < -0.3 is 15.2 Å². The molecule has 0 bridgehead atoms. The van der Waals surface area contributed by atoms with Crippen LogP contribution in [0, 0.1) is 13.8 Å². The van der Waals surface area contributed by atoms with E-state index >= 15 is 0 Å². The van der Waals surface area contributed by atoms with Crippen LogP contribution >= 0.6 is 11.3 Å². The zero-order chi connectivity index (χ0) is 13.3. The molecule has 3 nitrogen and oxygen atoms in total. The van der Waals surface area contributed by atoms with Crippen molar-refractivity contribution < 1.29 is 9.47 Å². The van der Waals surface area contributed by atoms with Gasteiger partial charge in [0, 0.05) is 27.1 Å². The van der Waals surface area contributed by atoms with Gasteiger partial charge in [-0.2, -0.15) is 0 Å². The van der Waals surface area contributed by atoms with Crippen molar-refractivity contribution in [1.82, 2.24) is 0 Å². The number of thiophene rings is 1. The lowest BCUT2D eigenvalue weighted by atomic mass is 10.1. The molecule has 0 aliphatic carbocycles. The Morgan fingerprint density at radius 1 is 1.00 bits per heavy atom. The van der Waals surface area contributed by atoms with Crippen molar-refractivity contribution in [2.45, 2.75) is 13.8 Å². The summed E-state index contributed by atoms with van der Waals surface area (Å²) in [6.07, 6.45) is 0. The van der Waals surface area contributed by atoms with Gasteiger partial charge in [-0.3, -0.25) is 0 Å². The van der Waals surface area contributed by atoms with Crippen LogP contribution in [0.3, 0.4) is 0 Å². The highest BCUT2D eigenvalue weighted by atomic mass is 32.1. The first-order valence-electron chi connectivity index (χ1n) is 5.65. The molecule has 0 saturated heterocycles. The predicted molar refractivity (Wildman–Crippen MR) is 76.7 cm³/mol. The number of hydrogen-bond donors (Lipinski definition) is 1. The van der Waals surface area contributed by atoms with Crippen molar-refractivity contribution in [3.8, 4) is 21.9 Å². The predicted octanol–water partition coefficient (Wildman–Crippen LogP) is 3.63. The lowest BCUT2D eigenvalue weighted by Crippen LogP contribution is -1.95. The summed E-state index contributed by atoms with van der Waals surface area (Å²) in [6.45, 7) is 4.19. The molecule has 2 aromatic rings. The number of aryl methyl sites for hydroxylation is 2. The molecule has 4 heteroatoms. The van der Waals surface area contributed by atoms with E-state index in [0.29, 0.717) is 17.2 Å². The van der Waals surface area contributed by atoms with Crippen LogP contribution in [0.15, 0.2) is 18.2 Å².